The first-order chi connectivity index (χ1) is 10.4. The van der Waals surface area contributed by atoms with Gasteiger partial charge < -0.3 is 14.9 Å². The summed E-state index contributed by atoms with van der Waals surface area (Å²) >= 11 is 0. The molecule has 7 nitrogen and oxygen atoms in total. The van der Waals surface area contributed by atoms with Crippen molar-refractivity contribution in [3.63, 3.8) is 0 Å². The maximum absolute atomic E-state index is 13.4. The summed E-state index contributed by atoms with van der Waals surface area (Å²) < 4.78 is 18.4. The van der Waals surface area contributed by atoms with Gasteiger partial charge in [0, 0.05) is 18.2 Å². The second kappa shape index (κ2) is 6.08. The van der Waals surface area contributed by atoms with Crippen LogP contribution in [-0.4, -0.2) is 27.5 Å². The number of rotatable bonds is 5. The predicted octanol–water partition coefficient (Wildman–Crippen LogP) is 2.41. The Kier molecular flexibility index (Phi) is 4.21. The minimum atomic E-state index is -1.08. The molecule has 0 aromatic heterocycles. The van der Waals surface area contributed by atoms with Gasteiger partial charge in [-0.25, -0.2) is 0 Å². The number of nitrogens with zero attached hydrogens (tertiary/aromatic N) is 1. The number of nitro benzene ring substituents is 1. The Hall–Kier alpha value is -3.16. The first kappa shape index (κ1) is 15.2. The number of carbonyl (C=O) groups is 1. The van der Waals surface area contributed by atoms with Crippen LogP contribution < -0.4 is 4.74 Å². The zero-order valence-electron chi connectivity index (χ0n) is 11.0. The number of hydrogen-bond acceptors (Lipinski definition) is 6. The minimum absolute atomic E-state index is 0.0604. The van der Waals surface area contributed by atoms with E-state index in [0.29, 0.717) is 0 Å². The summed E-state index contributed by atoms with van der Waals surface area (Å²) in [5.74, 6) is -2.36. The molecule has 22 heavy (non-hydrogen) atoms. The van der Waals surface area contributed by atoms with Crippen LogP contribution in [0.1, 0.15) is 10.4 Å². The Morgan fingerprint density at radius 3 is 2.55 bits per heavy atom. The molecule has 0 saturated heterocycles. The number of Topliss-reactive ketones (excluding diaryl/α,β-unsaturated/α-hetero) is 1. The van der Waals surface area contributed by atoms with E-state index in [1.165, 1.54) is 12.1 Å². The number of halogens is 1. The minimum Gasteiger partial charge on any atom is -0.508 e. The van der Waals surface area contributed by atoms with Gasteiger partial charge in [-0.3, -0.25) is 14.9 Å². The molecule has 2 aromatic carbocycles. The fraction of sp³-hybridized carbons (Fsp3) is 0.0714. The van der Waals surface area contributed by atoms with E-state index in [0.717, 1.165) is 24.3 Å². The Balaban J connectivity index is 2.08. The highest BCUT2D eigenvalue weighted by atomic mass is 19.1. The third kappa shape index (κ3) is 3.29. The zero-order valence-corrected chi connectivity index (χ0v) is 11.0. The molecule has 0 saturated carbocycles. The fourth-order valence-corrected chi connectivity index (χ4v) is 1.71. The lowest BCUT2D eigenvalue weighted by Crippen LogP contribution is -2.12. The molecule has 0 bridgehead atoms. The topological polar surface area (TPSA) is 110 Å². The van der Waals surface area contributed by atoms with Crippen LogP contribution in [0.5, 0.6) is 17.2 Å². The van der Waals surface area contributed by atoms with Crippen molar-refractivity contribution in [3.8, 4) is 17.2 Å². The smallest absolute Gasteiger partial charge is 0.305 e. The van der Waals surface area contributed by atoms with Crippen LogP contribution in [0.25, 0.3) is 0 Å². The Morgan fingerprint density at radius 2 is 1.95 bits per heavy atom. The molecule has 2 rings (SSSR count). The first-order valence-electron chi connectivity index (χ1n) is 6.00. The van der Waals surface area contributed by atoms with E-state index in [1.807, 2.05) is 0 Å². The van der Waals surface area contributed by atoms with Crippen LogP contribution >= 0.6 is 0 Å². The molecule has 0 aliphatic rings. The van der Waals surface area contributed by atoms with Gasteiger partial charge >= 0.3 is 5.69 Å². The normalized spacial score (nSPS) is 10.2. The van der Waals surface area contributed by atoms with Crippen molar-refractivity contribution in [2.45, 2.75) is 0 Å². The van der Waals surface area contributed by atoms with Crippen LogP contribution in [-0.2, 0) is 0 Å². The molecule has 0 atom stereocenters. The maximum atomic E-state index is 13.4. The number of phenolic OH excluding ortho intramolecular Hbond substituents is 2. The molecular weight excluding hydrogens is 297 g/mol. The summed E-state index contributed by atoms with van der Waals surface area (Å²) in [4.78, 5) is 21.4. The molecule has 2 N–H and O–H groups in total. The van der Waals surface area contributed by atoms with Gasteiger partial charge in [0.25, 0.3) is 0 Å². The van der Waals surface area contributed by atoms with Gasteiger partial charge in [0.05, 0.1) is 10.5 Å². The quantitative estimate of drug-likeness (QED) is 0.498. The van der Waals surface area contributed by atoms with Crippen molar-refractivity contribution in [2.24, 2.45) is 0 Å². The van der Waals surface area contributed by atoms with Crippen LogP contribution in [0.15, 0.2) is 36.4 Å². The average molecular weight is 307 g/mol. The van der Waals surface area contributed by atoms with E-state index in [-0.39, 0.29) is 17.1 Å². The Bertz CT molecular complexity index is 746. The molecule has 0 amide bonds. The third-order valence-electron chi connectivity index (χ3n) is 2.77. The Labute approximate surface area is 123 Å². The van der Waals surface area contributed by atoms with Crippen LogP contribution in [0.3, 0.4) is 0 Å². The summed E-state index contributed by atoms with van der Waals surface area (Å²) in [5.41, 5.74) is -0.768. The molecule has 0 heterocycles. The van der Waals surface area contributed by atoms with Gasteiger partial charge in [-0.2, -0.15) is 4.39 Å². The number of phenols is 2. The molecular formula is C14H10FNO6. The molecule has 0 radical (unpaired) electrons. The summed E-state index contributed by atoms with van der Waals surface area (Å²) in [6.07, 6.45) is 0. The zero-order chi connectivity index (χ0) is 16.3. The lowest BCUT2D eigenvalue weighted by molar-refractivity contribution is -0.387. The maximum Gasteiger partial charge on any atom is 0.305 e. The predicted molar refractivity (Wildman–Crippen MR) is 72.7 cm³/mol. The number of ether oxygens (including phenoxy) is 1. The highest BCUT2D eigenvalue weighted by molar-refractivity contribution is 5.99. The average Bonchev–Trinajstić information content (AvgIpc) is 2.44. The number of ketones is 1. The molecule has 2 aromatic rings. The highest BCUT2D eigenvalue weighted by Gasteiger charge is 2.16. The highest BCUT2D eigenvalue weighted by Crippen LogP contribution is 2.24. The van der Waals surface area contributed by atoms with Crippen molar-refractivity contribution in [2.75, 3.05) is 6.61 Å². The van der Waals surface area contributed by atoms with E-state index in [2.05, 4.69) is 0 Å². The molecule has 0 aliphatic heterocycles. The third-order valence-corrected chi connectivity index (χ3v) is 2.77. The van der Waals surface area contributed by atoms with Crippen molar-refractivity contribution in [1.82, 2.24) is 0 Å². The molecule has 0 unspecified atom stereocenters. The monoisotopic (exact) mass is 307 g/mol. The molecule has 0 aliphatic carbocycles. The van der Waals surface area contributed by atoms with Gasteiger partial charge in [-0.15, -0.1) is 0 Å². The number of hydrogen-bond donors (Lipinski definition) is 2. The standard InChI is InChI=1S/C14H10FNO6/c15-11-6-9(2-4-12(11)16(20)21)22-7-14(19)10-3-1-8(17)5-13(10)18/h1-6,17-18H,7H2. The van der Waals surface area contributed by atoms with Crippen molar-refractivity contribution in [1.29, 1.82) is 0 Å². The summed E-state index contributed by atoms with van der Waals surface area (Å²) in [6.45, 7) is -0.504. The summed E-state index contributed by atoms with van der Waals surface area (Å²) in [7, 11) is 0. The van der Waals surface area contributed by atoms with Gasteiger partial charge in [0.2, 0.25) is 11.6 Å². The molecule has 8 heteroatoms. The van der Waals surface area contributed by atoms with Crippen molar-refractivity contribution >= 4 is 11.5 Å². The molecule has 0 fully saturated rings. The molecule has 114 valence electrons. The SMILES string of the molecule is O=C(COc1ccc([N+](=O)[O-])c(F)c1)c1ccc(O)cc1O. The lowest BCUT2D eigenvalue weighted by atomic mass is 10.1. The number of nitro groups is 1. The fourth-order valence-electron chi connectivity index (χ4n) is 1.71. The first-order valence-corrected chi connectivity index (χ1v) is 6.00. The van der Waals surface area contributed by atoms with Crippen molar-refractivity contribution in [3.05, 3.63) is 57.9 Å². The van der Waals surface area contributed by atoms with E-state index in [4.69, 9.17) is 9.84 Å². The van der Waals surface area contributed by atoms with E-state index >= 15 is 0 Å². The van der Waals surface area contributed by atoms with Gasteiger partial charge in [0.15, 0.2) is 6.61 Å². The van der Waals surface area contributed by atoms with Crippen LogP contribution in [0.4, 0.5) is 10.1 Å². The van der Waals surface area contributed by atoms with E-state index in [9.17, 15) is 24.4 Å². The lowest BCUT2D eigenvalue weighted by Gasteiger charge is -2.07. The van der Waals surface area contributed by atoms with Crippen LogP contribution in [0.2, 0.25) is 0 Å². The second-order valence-electron chi connectivity index (χ2n) is 4.28. The van der Waals surface area contributed by atoms with Crippen molar-refractivity contribution < 1.29 is 29.1 Å². The van der Waals surface area contributed by atoms with Gasteiger partial charge in [-0.05, 0) is 18.2 Å². The summed E-state index contributed by atoms with van der Waals surface area (Å²) in [5, 5.41) is 29.1. The molecule has 0 spiro atoms. The second-order valence-corrected chi connectivity index (χ2v) is 4.28. The van der Waals surface area contributed by atoms with Crippen LogP contribution in [0, 0.1) is 15.9 Å². The Morgan fingerprint density at radius 1 is 1.23 bits per heavy atom. The number of carbonyl (C=O) groups excluding carboxylic acids is 1. The number of benzene rings is 2. The van der Waals surface area contributed by atoms with Gasteiger partial charge in [0.1, 0.15) is 17.2 Å². The van der Waals surface area contributed by atoms with E-state index < -0.39 is 34.6 Å². The number of aromatic hydroxyl groups is 2. The van der Waals surface area contributed by atoms with E-state index in [1.54, 1.807) is 0 Å². The summed E-state index contributed by atoms with van der Waals surface area (Å²) in [6, 6.07) is 6.31. The largest absolute Gasteiger partial charge is 0.508 e. The van der Waals surface area contributed by atoms with Gasteiger partial charge in [-0.1, -0.05) is 0 Å².